The number of hydrogen-bond acceptors (Lipinski definition) is 3. The largest absolute Gasteiger partial charge is 0.387 e. The highest BCUT2D eigenvalue weighted by atomic mass is 32.2. The molecule has 72 valence electrons. The fraction of sp³-hybridized carbons (Fsp3) is 1.00. The van der Waals surface area contributed by atoms with Gasteiger partial charge in [0.2, 0.25) is 0 Å². The highest BCUT2D eigenvalue weighted by molar-refractivity contribution is 7.89. The number of halogens is 2. The van der Waals surface area contributed by atoms with Crippen molar-refractivity contribution >= 4 is 10.0 Å². The average molecular weight is 201 g/mol. The first-order chi connectivity index (χ1) is 5.26. The van der Waals surface area contributed by atoms with Gasteiger partial charge in [-0.25, -0.2) is 8.42 Å². The van der Waals surface area contributed by atoms with Gasteiger partial charge in [-0.05, 0) is 6.92 Å². The van der Waals surface area contributed by atoms with Gasteiger partial charge in [-0.15, -0.1) is 0 Å². The van der Waals surface area contributed by atoms with Gasteiger partial charge in [0.05, 0.1) is 5.60 Å². The fourth-order valence-corrected chi connectivity index (χ4v) is 2.15. The summed E-state index contributed by atoms with van der Waals surface area (Å²) in [5, 5.41) is 9.08. The standard InChI is InChI=1S/C5H9F2NO3S/c1-5(9)2-8(3-5)12(10,11)4(6)7/h4,9H,2-3H2,1H3. The van der Waals surface area contributed by atoms with Crippen LogP contribution in [0.4, 0.5) is 8.78 Å². The van der Waals surface area contributed by atoms with Crippen molar-refractivity contribution in [2.24, 2.45) is 0 Å². The first-order valence-corrected chi connectivity index (χ1v) is 4.75. The molecule has 1 aliphatic rings. The molecule has 1 saturated heterocycles. The minimum Gasteiger partial charge on any atom is -0.387 e. The van der Waals surface area contributed by atoms with E-state index in [1.807, 2.05) is 0 Å². The molecule has 0 bridgehead atoms. The van der Waals surface area contributed by atoms with Crippen LogP contribution in [-0.2, 0) is 10.0 Å². The SMILES string of the molecule is CC1(O)CN(S(=O)(=O)C(F)F)C1. The van der Waals surface area contributed by atoms with Gasteiger partial charge >= 0.3 is 5.76 Å². The van der Waals surface area contributed by atoms with Crippen molar-refractivity contribution in [2.75, 3.05) is 13.1 Å². The second-order valence-electron chi connectivity index (χ2n) is 3.07. The lowest BCUT2D eigenvalue weighted by Gasteiger charge is -2.42. The van der Waals surface area contributed by atoms with E-state index >= 15 is 0 Å². The Kier molecular flexibility index (Phi) is 2.13. The Morgan fingerprint density at radius 3 is 2.17 bits per heavy atom. The molecule has 1 N–H and O–H groups in total. The van der Waals surface area contributed by atoms with Crippen molar-refractivity contribution in [3.05, 3.63) is 0 Å². The molecule has 0 aromatic rings. The van der Waals surface area contributed by atoms with Crippen molar-refractivity contribution in [2.45, 2.75) is 18.3 Å². The van der Waals surface area contributed by atoms with Gasteiger partial charge in [0.1, 0.15) is 0 Å². The maximum Gasteiger partial charge on any atom is 0.350 e. The van der Waals surface area contributed by atoms with Crippen LogP contribution in [-0.4, -0.2) is 42.3 Å². The topological polar surface area (TPSA) is 57.6 Å². The van der Waals surface area contributed by atoms with Gasteiger partial charge in [-0.2, -0.15) is 13.1 Å². The average Bonchev–Trinajstić information content (AvgIpc) is 1.82. The molecule has 0 radical (unpaired) electrons. The summed E-state index contributed by atoms with van der Waals surface area (Å²) < 4.78 is 45.5. The molecule has 12 heavy (non-hydrogen) atoms. The molecule has 1 aliphatic heterocycles. The number of hydrogen-bond donors (Lipinski definition) is 1. The van der Waals surface area contributed by atoms with Crippen molar-refractivity contribution in [1.82, 2.24) is 4.31 Å². The molecule has 0 unspecified atom stereocenters. The van der Waals surface area contributed by atoms with Crippen molar-refractivity contribution in [1.29, 1.82) is 0 Å². The second-order valence-corrected chi connectivity index (χ2v) is 4.97. The number of rotatable bonds is 2. The first kappa shape index (κ1) is 9.82. The van der Waals surface area contributed by atoms with Gasteiger partial charge < -0.3 is 5.11 Å². The van der Waals surface area contributed by atoms with Crippen LogP contribution in [0.5, 0.6) is 0 Å². The monoisotopic (exact) mass is 201 g/mol. The number of alkyl halides is 2. The lowest BCUT2D eigenvalue weighted by Crippen LogP contribution is -2.62. The van der Waals surface area contributed by atoms with Gasteiger partial charge in [-0.1, -0.05) is 0 Å². The molecular weight excluding hydrogens is 192 g/mol. The minimum atomic E-state index is -4.47. The van der Waals surface area contributed by atoms with Gasteiger partial charge in [0.25, 0.3) is 10.0 Å². The highest BCUT2D eigenvalue weighted by Gasteiger charge is 2.46. The van der Waals surface area contributed by atoms with Crippen LogP contribution in [0, 0.1) is 0 Å². The zero-order valence-electron chi connectivity index (χ0n) is 6.37. The number of sulfonamides is 1. The highest BCUT2D eigenvalue weighted by Crippen LogP contribution is 2.25. The molecular formula is C5H9F2NO3S. The van der Waals surface area contributed by atoms with Gasteiger partial charge in [-0.3, -0.25) is 0 Å². The van der Waals surface area contributed by atoms with Crippen molar-refractivity contribution in [3.63, 3.8) is 0 Å². The van der Waals surface area contributed by atoms with Gasteiger partial charge in [0.15, 0.2) is 0 Å². The predicted molar refractivity (Wildman–Crippen MR) is 37.1 cm³/mol. The molecule has 0 atom stereocenters. The summed E-state index contributed by atoms with van der Waals surface area (Å²) in [4.78, 5) is 0. The Hall–Kier alpha value is -0.270. The summed E-state index contributed by atoms with van der Waals surface area (Å²) in [6.45, 7) is 0.893. The van der Waals surface area contributed by atoms with E-state index in [1.54, 1.807) is 0 Å². The fourth-order valence-electron chi connectivity index (χ4n) is 1.01. The van der Waals surface area contributed by atoms with Crippen LogP contribution in [0.15, 0.2) is 0 Å². The maximum absolute atomic E-state index is 11.8. The zero-order valence-corrected chi connectivity index (χ0v) is 7.18. The van der Waals surface area contributed by atoms with E-state index < -0.39 is 21.4 Å². The van der Waals surface area contributed by atoms with Crippen LogP contribution in [0.1, 0.15) is 6.92 Å². The molecule has 7 heteroatoms. The first-order valence-electron chi connectivity index (χ1n) is 3.25. The predicted octanol–water partition coefficient (Wildman–Crippen LogP) is -0.395. The quantitative estimate of drug-likeness (QED) is 0.661. The summed E-state index contributed by atoms with van der Waals surface area (Å²) in [6.07, 6.45) is 0. The van der Waals surface area contributed by atoms with Crippen LogP contribution >= 0.6 is 0 Å². The third kappa shape index (κ3) is 1.57. The molecule has 1 rings (SSSR count). The van der Waals surface area contributed by atoms with Crippen LogP contribution < -0.4 is 0 Å². The summed E-state index contributed by atoms with van der Waals surface area (Å²) >= 11 is 0. The van der Waals surface area contributed by atoms with Crippen molar-refractivity contribution < 1.29 is 22.3 Å². The molecule has 1 fully saturated rings. The minimum absolute atomic E-state index is 0.250. The molecule has 4 nitrogen and oxygen atoms in total. The molecule has 0 aliphatic carbocycles. The number of β-amino-alcohol motifs (C(OH)–C–C–N with tert-alkyl or cyclic N) is 1. The molecule has 0 aromatic carbocycles. The Labute approximate surface area is 68.8 Å². The number of nitrogens with zero attached hydrogens (tertiary/aromatic N) is 1. The van der Waals surface area contributed by atoms with E-state index in [9.17, 15) is 17.2 Å². The van der Waals surface area contributed by atoms with Gasteiger partial charge in [0, 0.05) is 13.1 Å². The lowest BCUT2D eigenvalue weighted by molar-refractivity contribution is -0.0449. The Morgan fingerprint density at radius 2 is 1.92 bits per heavy atom. The maximum atomic E-state index is 11.8. The van der Waals surface area contributed by atoms with Crippen LogP contribution in [0.3, 0.4) is 0 Å². The Bertz CT molecular complexity index is 266. The normalized spacial score (nSPS) is 24.1. The third-order valence-corrected chi connectivity index (χ3v) is 3.05. The van der Waals surface area contributed by atoms with Crippen LogP contribution in [0.2, 0.25) is 0 Å². The van der Waals surface area contributed by atoms with E-state index in [0.717, 1.165) is 0 Å². The Balaban J connectivity index is 2.65. The van der Waals surface area contributed by atoms with E-state index in [0.29, 0.717) is 4.31 Å². The molecule has 0 aromatic heterocycles. The summed E-state index contributed by atoms with van der Waals surface area (Å²) in [6, 6.07) is 0. The molecule has 1 heterocycles. The molecule has 0 saturated carbocycles. The van der Waals surface area contributed by atoms with E-state index in [2.05, 4.69) is 0 Å². The second kappa shape index (κ2) is 2.61. The summed E-state index contributed by atoms with van der Waals surface area (Å²) in [5.74, 6) is -3.39. The van der Waals surface area contributed by atoms with Crippen molar-refractivity contribution in [3.8, 4) is 0 Å². The zero-order chi connectivity index (χ0) is 9.57. The smallest absolute Gasteiger partial charge is 0.350 e. The van der Waals surface area contributed by atoms with E-state index in [4.69, 9.17) is 5.11 Å². The van der Waals surface area contributed by atoms with E-state index in [-0.39, 0.29) is 13.1 Å². The number of aliphatic hydroxyl groups is 1. The third-order valence-electron chi connectivity index (χ3n) is 1.62. The van der Waals surface area contributed by atoms with E-state index in [1.165, 1.54) is 6.92 Å². The van der Waals surface area contributed by atoms with Crippen LogP contribution in [0.25, 0.3) is 0 Å². The summed E-state index contributed by atoms with van der Waals surface area (Å²) in [5.41, 5.74) is -1.15. The molecule has 0 spiro atoms. The summed E-state index contributed by atoms with van der Waals surface area (Å²) in [7, 11) is -4.47. The lowest BCUT2D eigenvalue weighted by atomic mass is 10.0. The molecule has 0 amide bonds. The Morgan fingerprint density at radius 1 is 1.50 bits per heavy atom.